The fourth-order valence-electron chi connectivity index (χ4n) is 5.06. The van der Waals surface area contributed by atoms with Crippen molar-refractivity contribution in [2.45, 2.75) is 38.0 Å². The lowest BCUT2D eigenvalue weighted by atomic mass is 10.1. The highest BCUT2D eigenvalue weighted by atomic mass is 15.3. The van der Waals surface area contributed by atoms with E-state index in [-0.39, 0.29) is 12.3 Å². The second-order valence-corrected chi connectivity index (χ2v) is 9.24. The maximum atomic E-state index is 5.17. The van der Waals surface area contributed by atoms with Crippen molar-refractivity contribution in [3.05, 3.63) is 59.2 Å². The van der Waals surface area contributed by atoms with Gasteiger partial charge in [-0.15, -0.1) is 0 Å². The molecule has 5 heterocycles. The second kappa shape index (κ2) is 11.8. The molecule has 0 spiro atoms. The standard InChI is InChI=1S/C26H36N8/c1-7-21-19-27-11-3-15-33-17-5-13-29-25(33)23-9-2-10-24(32-23)26-30-14-6-18-34(26)16-4-12-28-20-22(8-1)31-21/h1-2,7-10,19-20,25-26,29-30H,3-6,11-18H2. The number of pyridine rings is 2. The topological polar surface area (TPSA) is 81.0 Å². The van der Waals surface area contributed by atoms with Crippen molar-refractivity contribution < 1.29 is 0 Å². The van der Waals surface area contributed by atoms with Crippen LogP contribution in [-0.4, -0.2) is 84.6 Å². The van der Waals surface area contributed by atoms with Crippen LogP contribution in [0.15, 0.2) is 46.4 Å². The molecule has 0 aliphatic carbocycles. The quantitative estimate of drug-likeness (QED) is 0.628. The van der Waals surface area contributed by atoms with Crippen molar-refractivity contribution in [2.75, 3.05) is 52.4 Å². The third-order valence-corrected chi connectivity index (χ3v) is 6.71. The fraction of sp³-hybridized carbons (Fsp3) is 0.538. The minimum absolute atomic E-state index is 0.160. The lowest BCUT2D eigenvalue weighted by Gasteiger charge is -2.38. The summed E-state index contributed by atoms with van der Waals surface area (Å²) in [6, 6.07) is 12.5. The predicted molar refractivity (Wildman–Crippen MR) is 136 cm³/mol. The number of hydrogen-bond donors (Lipinski definition) is 2. The number of aromatic nitrogens is 2. The Morgan fingerprint density at radius 2 is 1.12 bits per heavy atom. The summed E-state index contributed by atoms with van der Waals surface area (Å²) in [6.07, 6.45) is 8.43. The first-order valence-corrected chi connectivity index (χ1v) is 12.8. The summed E-state index contributed by atoms with van der Waals surface area (Å²) < 4.78 is 0. The minimum Gasteiger partial charge on any atom is -0.297 e. The molecule has 8 nitrogen and oxygen atoms in total. The van der Waals surface area contributed by atoms with Crippen LogP contribution >= 0.6 is 0 Å². The van der Waals surface area contributed by atoms with Crippen LogP contribution in [0.5, 0.6) is 0 Å². The Morgan fingerprint density at radius 1 is 0.618 bits per heavy atom. The Hall–Kier alpha value is -2.52. The van der Waals surface area contributed by atoms with Gasteiger partial charge in [-0.25, -0.2) is 4.98 Å². The zero-order valence-corrected chi connectivity index (χ0v) is 19.9. The molecule has 2 aromatic heterocycles. The molecule has 2 atom stereocenters. The van der Waals surface area contributed by atoms with Gasteiger partial charge in [0.15, 0.2) is 0 Å². The van der Waals surface area contributed by atoms with E-state index in [1.165, 1.54) is 0 Å². The van der Waals surface area contributed by atoms with Gasteiger partial charge in [-0.2, -0.15) is 0 Å². The monoisotopic (exact) mass is 460 g/mol. The van der Waals surface area contributed by atoms with E-state index in [9.17, 15) is 0 Å². The van der Waals surface area contributed by atoms with E-state index in [1.54, 1.807) is 0 Å². The van der Waals surface area contributed by atoms with Gasteiger partial charge in [-0.3, -0.25) is 35.4 Å². The van der Waals surface area contributed by atoms with E-state index in [0.717, 1.165) is 101 Å². The predicted octanol–water partition coefficient (Wildman–Crippen LogP) is 2.40. The average Bonchev–Trinajstić information content (AvgIpc) is 2.89. The number of rotatable bonds is 0. The smallest absolute Gasteiger partial charge is 0.104 e. The van der Waals surface area contributed by atoms with Gasteiger partial charge < -0.3 is 0 Å². The van der Waals surface area contributed by atoms with Crippen molar-refractivity contribution in [1.82, 2.24) is 30.4 Å². The third-order valence-electron chi connectivity index (χ3n) is 6.71. The van der Waals surface area contributed by atoms with Gasteiger partial charge in [0.25, 0.3) is 0 Å². The van der Waals surface area contributed by atoms with E-state index < -0.39 is 0 Å². The first kappa shape index (κ1) is 23.2. The summed E-state index contributed by atoms with van der Waals surface area (Å²) in [6.45, 7) is 7.80. The Bertz CT molecular complexity index is 920. The third kappa shape index (κ3) is 5.93. The van der Waals surface area contributed by atoms with Gasteiger partial charge in [0.2, 0.25) is 0 Å². The molecule has 180 valence electrons. The summed E-state index contributed by atoms with van der Waals surface area (Å²) in [4.78, 5) is 24.1. The van der Waals surface area contributed by atoms with Crippen molar-refractivity contribution in [2.24, 2.45) is 9.98 Å². The largest absolute Gasteiger partial charge is 0.297 e. The second-order valence-electron chi connectivity index (χ2n) is 9.24. The number of aliphatic imine (C=N–C) groups is 2. The Kier molecular flexibility index (Phi) is 8.03. The Morgan fingerprint density at radius 3 is 1.68 bits per heavy atom. The SMILES string of the molecule is C1=NCCCN2CCCNC2c2cccc(n2)C2NCCCN2CCCN=Cc2cccc1n2. The number of fused-ring (bicyclic) bond motifs is 8. The first-order valence-electron chi connectivity index (χ1n) is 12.8. The molecule has 5 rings (SSSR count). The van der Waals surface area contributed by atoms with Gasteiger partial charge in [0.05, 0.1) is 22.8 Å². The molecule has 2 saturated heterocycles. The van der Waals surface area contributed by atoms with Crippen molar-refractivity contribution in [3.8, 4) is 0 Å². The molecular formula is C26H36N8. The van der Waals surface area contributed by atoms with Crippen LogP contribution in [0.1, 0.15) is 60.8 Å². The Labute approximate surface area is 202 Å². The fourth-order valence-corrected chi connectivity index (χ4v) is 5.06. The summed E-state index contributed by atoms with van der Waals surface area (Å²) >= 11 is 0. The van der Waals surface area contributed by atoms with E-state index in [1.807, 2.05) is 30.6 Å². The van der Waals surface area contributed by atoms with Crippen LogP contribution in [0.25, 0.3) is 0 Å². The lowest BCUT2D eigenvalue weighted by Crippen LogP contribution is -2.47. The van der Waals surface area contributed by atoms with Gasteiger partial charge >= 0.3 is 0 Å². The molecule has 4 bridgehead atoms. The van der Waals surface area contributed by atoms with Crippen LogP contribution in [0.2, 0.25) is 0 Å². The minimum atomic E-state index is 0.160. The van der Waals surface area contributed by atoms with Crippen LogP contribution in [0.4, 0.5) is 0 Å². The van der Waals surface area contributed by atoms with Crippen LogP contribution in [0, 0.1) is 0 Å². The highest BCUT2D eigenvalue weighted by molar-refractivity contribution is 5.81. The molecular weight excluding hydrogens is 424 g/mol. The van der Waals surface area contributed by atoms with Crippen molar-refractivity contribution >= 4 is 12.4 Å². The van der Waals surface area contributed by atoms with Crippen molar-refractivity contribution in [1.29, 1.82) is 0 Å². The molecule has 0 radical (unpaired) electrons. The van der Waals surface area contributed by atoms with E-state index in [4.69, 9.17) is 4.98 Å². The highest BCUT2D eigenvalue weighted by Crippen LogP contribution is 2.24. The zero-order valence-electron chi connectivity index (χ0n) is 19.9. The van der Waals surface area contributed by atoms with Crippen molar-refractivity contribution in [3.63, 3.8) is 0 Å². The van der Waals surface area contributed by atoms with E-state index in [0.29, 0.717) is 0 Å². The van der Waals surface area contributed by atoms with E-state index in [2.05, 4.69) is 53.6 Å². The summed E-state index contributed by atoms with van der Waals surface area (Å²) in [5, 5.41) is 7.41. The molecule has 2 unspecified atom stereocenters. The Balaban J connectivity index is 1.39. The summed E-state index contributed by atoms with van der Waals surface area (Å²) in [5.41, 5.74) is 4.01. The molecule has 34 heavy (non-hydrogen) atoms. The molecule has 0 aromatic carbocycles. The zero-order chi connectivity index (χ0) is 23.0. The first-order chi connectivity index (χ1) is 16.9. The maximum absolute atomic E-state index is 5.17. The number of hydrogen-bond acceptors (Lipinski definition) is 8. The van der Waals surface area contributed by atoms with Crippen LogP contribution < -0.4 is 10.6 Å². The normalized spacial score (nSPS) is 25.3. The maximum Gasteiger partial charge on any atom is 0.104 e. The highest BCUT2D eigenvalue weighted by Gasteiger charge is 2.27. The molecule has 3 aliphatic heterocycles. The number of nitrogens with one attached hydrogen (secondary N) is 2. The lowest BCUT2D eigenvalue weighted by molar-refractivity contribution is 0.119. The van der Waals surface area contributed by atoms with E-state index >= 15 is 0 Å². The van der Waals surface area contributed by atoms with Gasteiger partial charge in [-0.05, 0) is 63.0 Å². The average molecular weight is 461 g/mol. The van der Waals surface area contributed by atoms with Gasteiger partial charge in [0, 0.05) is 51.7 Å². The van der Waals surface area contributed by atoms with Crippen LogP contribution in [0.3, 0.4) is 0 Å². The summed E-state index contributed by atoms with van der Waals surface area (Å²) in [5.74, 6) is 0. The molecule has 2 N–H and O–H groups in total. The van der Waals surface area contributed by atoms with Gasteiger partial charge in [0.1, 0.15) is 12.3 Å². The molecule has 0 amide bonds. The van der Waals surface area contributed by atoms with Crippen LogP contribution in [-0.2, 0) is 0 Å². The van der Waals surface area contributed by atoms with Gasteiger partial charge in [-0.1, -0.05) is 12.1 Å². The molecule has 0 saturated carbocycles. The molecule has 2 fully saturated rings. The number of nitrogens with zero attached hydrogens (tertiary/aromatic N) is 6. The summed E-state index contributed by atoms with van der Waals surface area (Å²) in [7, 11) is 0. The molecule has 8 heteroatoms. The molecule has 2 aromatic rings. The molecule has 3 aliphatic rings.